The van der Waals surface area contributed by atoms with Gasteiger partial charge in [-0.2, -0.15) is 13.2 Å². The van der Waals surface area contributed by atoms with Crippen molar-refractivity contribution in [2.24, 2.45) is 5.92 Å². The van der Waals surface area contributed by atoms with Crippen molar-refractivity contribution in [3.05, 3.63) is 29.6 Å². The molecule has 2 rings (SSSR count). The first-order valence-electron chi connectivity index (χ1n) is 7.69. The van der Waals surface area contributed by atoms with Gasteiger partial charge in [0.25, 0.3) is 0 Å². The largest absolute Gasteiger partial charge is 0.481 e. The zero-order chi connectivity index (χ0) is 17.7. The van der Waals surface area contributed by atoms with Crippen molar-refractivity contribution in [1.29, 1.82) is 0 Å². The number of aliphatic carboxylic acids is 1. The molecule has 134 valence electrons. The van der Waals surface area contributed by atoms with Gasteiger partial charge in [-0.25, -0.2) is 4.39 Å². The molecule has 0 aliphatic heterocycles. The molecule has 1 aromatic carbocycles. The van der Waals surface area contributed by atoms with Gasteiger partial charge < -0.3 is 15.2 Å². The van der Waals surface area contributed by atoms with E-state index in [0.717, 1.165) is 18.9 Å². The van der Waals surface area contributed by atoms with Crippen molar-refractivity contribution in [3.63, 3.8) is 0 Å². The zero-order valence-electron chi connectivity index (χ0n) is 12.9. The molecule has 1 aromatic rings. The molecule has 1 saturated carbocycles. The first-order chi connectivity index (χ1) is 11.2. The predicted molar refractivity (Wildman–Crippen MR) is 78.2 cm³/mol. The highest BCUT2D eigenvalue weighted by atomic mass is 19.4. The van der Waals surface area contributed by atoms with Gasteiger partial charge in [0.05, 0.1) is 5.92 Å². The van der Waals surface area contributed by atoms with E-state index in [1.807, 2.05) is 0 Å². The third-order valence-corrected chi connectivity index (χ3v) is 4.06. The molecule has 1 fully saturated rings. The summed E-state index contributed by atoms with van der Waals surface area (Å²) < 4.78 is 54.3. The van der Waals surface area contributed by atoms with E-state index >= 15 is 0 Å². The average molecular weight is 349 g/mol. The normalized spacial score (nSPS) is 21.5. The Balaban J connectivity index is 1.81. The van der Waals surface area contributed by atoms with Crippen LogP contribution in [0.2, 0.25) is 0 Å². The van der Waals surface area contributed by atoms with Crippen molar-refractivity contribution in [1.82, 2.24) is 5.32 Å². The number of benzene rings is 1. The van der Waals surface area contributed by atoms with Crippen LogP contribution in [0, 0.1) is 11.7 Å². The minimum atomic E-state index is -4.51. The first kappa shape index (κ1) is 18.5. The molecule has 0 unspecified atom stereocenters. The fourth-order valence-electron chi connectivity index (χ4n) is 2.74. The smallest absolute Gasteiger partial charge is 0.422 e. The Bertz CT molecular complexity index is 569. The first-order valence-corrected chi connectivity index (χ1v) is 7.69. The molecule has 4 nitrogen and oxygen atoms in total. The quantitative estimate of drug-likeness (QED) is 0.772. The summed E-state index contributed by atoms with van der Waals surface area (Å²) in [5, 5.41) is 12.2. The number of ether oxygens (including phenoxy) is 1. The summed E-state index contributed by atoms with van der Waals surface area (Å²) in [4.78, 5) is 10.9. The number of halogens is 4. The molecule has 0 atom stereocenters. The Kier molecular flexibility index (Phi) is 6.04. The maximum absolute atomic E-state index is 13.7. The summed E-state index contributed by atoms with van der Waals surface area (Å²) in [6.07, 6.45) is -1.85. The molecule has 0 bridgehead atoms. The van der Waals surface area contributed by atoms with E-state index in [9.17, 15) is 22.4 Å². The van der Waals surface area contributed by atoms with E-state index in [1.165, 1.54) is 12.1 Å². The number of carboxylic acids is 1. The Morgan fingerprint density at radius 3 is 2.46 bits per heavy atom. The lowest BCUT2D eigenvalue weighted by atomic mass is 9.86. The monoisotopic (exact) mass is 349 g/mol. The maximum Gasteiger partial charge on any atom is 0.422 e. The fraction of sp³-hybridized carbons (Fsp3) is 0.562. The number of hydrogen-bond acceptors (Lipinski definition) is 3. The summed E-state index contributed by atoms with van der Waals surface area (Å²) >= 11 is 0. The van der Waals surface area contributed by atoms with Crippen LogP contribution in [-0.2, 0) is 11.3 Å². The summed E-state index contributed by atoms with van der Waals surface area (Å²) in [5.74, 6) is -2.35. The molecule has 24 heavy (non-hydrogen) atoms. The van der Waals surface area contributed by atoms with Crippen LogP contribution in [-0.4, -0.2) is 29.9 Å². The number of carboxylic acid groups (broad SMARTS) is 1. The SMILES string of the molecule is O=C(O)C1CCC(NCc2ccc(OCC(F)(F)F)c(F)c2)CC1. The van der Waals surface area contributed by atoms with Crippen molar-refractivity contribution in [3.8, 4) is 5.75 Å². The van der Waals surface area contributed by atoms with Crippen LogP contribution < -0.4 is 10.1 Å². The van der Waals surface area contributed by atoms with E-state index in [4.69, 9.17) is 5.11 Å². The average Bonchev–Trinajstić information content (AvgIpc) is 2.51. The van der Waals surface area contributed by atoms with E-state index in [2.05, 4.69) is 10.1 Å². The van der Waals surface area contributed by atoms with Crippen LogP contribution in [0.1, 0.15) is 31.2 Å². The highest BCUT2D eigenvalue weighted by molar-refractivity contribution is 5.70. The summed E-state index contributed by atoms with van der Waals surface area (Å²) in [7, 11) is 0. The summed E-state index contributed by atoms with van der Waals surface area (Å²) in [5.41, 5.74) is 0.590. The van der Waals surface area contributed by atoms with Crippen LogP contribution in [0.3, 0.4) is 0 Å². The van der Waals surface area contributed by atoms with Crippen molar-refractivity contribution in [2.45, 2.75) is 44.4 Å². The van der Waals surface area contributed by atoms with Crippen LogP contribution in [0.4, 0.5) is 17.6 Å². The number of hydrogen-bond donors (Lipinski definition) is 2. The van der Waals surface area contributed by atoms with E-state index in [1.54, 1.807) is 0 Å². The highest BCUT2D eigenvalue weighted by Crippen LogP contribution is 2.25. The second kappa shape index (κ2) is 7.83. The van der Waals surface area contributed by atoms with Crippen molar-refractivity contribution in [2.75, 3.05) is 6.61 Å². The van der Waals surface area contributed by atoms with Gasteiger partial charge in [0.2, 0.25) is 0 Å². The number of carbonyl (C=O) groups is 1. The van der Waals surface area contributed by atoms with Crippen molar-refractivity contribution >= 4 is 5.97 Å². The molecule has 0 saturated heterocycles. The van der Waals surface area contributed by atoms with Gasteiger partial charge in [-0.3, -0.25) is 4.79 Å². The fourth-order valence-corrected chi connectivity index (χ4v) is 2.74. The number of alkyl halides is 3. The third kappa shape index (κ3) is 5.67. The Hall–Kier alpha value is -1.83. The van der Waals surface area contributed by atoms with Gasteiger partial charge >= 0.3 is 12.1 Å². The third-order valence-electron chi connectivity index (χ3n) is 4.06. The van der Waals surface area contributed by atoms with Gasteiger partial charge in [0.1, 0.15) is 0 Å². The number of nitrogens with one attached hydrogen (secondary N) is 1. The van der Waals surface area contributed by atoms with E-state index < -0.39 is 30.3 Å². The zero-order valence-corrected chi connectivity index (χ0v) is 12.9. The topological polar surface area (TPSA) is 58.6 Å². The van der Waals surface area contributed by atoms with E-state index in [0.29, 0.717) is 24.9 Å². The molecule has 2 N–H and O–H groups in total. The van der Waals surface area contributed by atoms with Crippen LogP contribution in [0.5, 0.6) is 5.75 Å². The molecule has 1 aliphatic carbocycles. The standard InChI is InChI=1S/C16H19F4NO3/c17-13-7-10(1-6-14(13)24-9-16(18,19)20)8-21-12-4-2-11(3-5-12)15(22)23/h1,6-7,11-12,21H,2-5,8-9H2,(H,22,23). The molecule has 0 spiro atoms. The predicted octanol–water partition coefficient (Wildman–Crippen LogP) is 3.50. The highest BCUT2D eigenvalue weighted by Gasteiger charge is 2.29. The van der Waals surface area contributed by atoms with Crippen molar-refractivity contribution < 1.29 is 32.2 Å². The van der Waals surface area contributed by atoms with Gasteiger partial charge in [-0.05, 0) is 43.4 Å². The molecule has 0 aromatic heterocycles. The Morgan fingerprint density at radius 2 is 1.92 bits per heavy atom. The lowest BCUT2D eigenvalue weighted by Gasteiger charge is -2.27. The maximum atomic E-state index is 13.7. The molecule has 0 amide bonds. The molecular formula is C16H19F4NO3. The minimum absolute atomic E-state index is 0.157. The number of rotatable bonds is 6. The van der Waals surface area contributed by atoms with E-state index in [-0.39, 0.29) is 12.0 Å². The lowest BCUT2D eigenvalue weighted by molar-refractivity contribution is -0.153. The van der Waals surface area contributed by atoms with Gasteiger partial charge in [-0.1, -0.05) is 6.07 Å². The van der Waals surface area contributed by atoms with Crippen LogP contribution in [0.25, 0.3) is 0 Å². The Labute approximate surface area is 136 Å². The summed E-state index contributed by atoms with van der Waals surface area (Å²) in [6.45, 7) is -1.17. The van der Waals surface area contributed by atoms with Gasteiger partial charge in [-0.15, -0.1) is 0 Å². The Morgan fingerprint density at radius 1 is 1.25 bits per heavy atom. The molecule has 0 radical (unpaired) electrons. The minimum Gasteiger partial charge on any atom is -0.481 e. The second-order valence-corrected chi connectivity index (χ2v) is 5.94. The second-order valence-electron chi connectivity index (χ2n) is 5.94. The molecular weight excluding hydrogens is 330 g/mol. The van der Waals surface area contributed by atoms with Gasteiger partial charge in [0, 0.05) is 12.6 Å². The van der Waals surface area contributed by atoms with Gasteiger partial charge in [0.15, 0.2) is 18.2 Å². The van der Waals surface area contributed by atoms with Crippen LogP contribution in [0.15, 0.2) is 18.2 Å². The molecule has 1 aliphatic rings. The molecule has 0 heterocycles. The lowest BCUT2D eigenvalue weighted by Crippen LogP contribution is -2.34. The van der Waals surface area contributed by atoms with Crippen LogP contribution >= 0.6 is 0 Å². The summed E-state index contributed by atoms with van der Waals surface area (Å²) in [6, 6.07) is 3.98. The molecule has 8 heteroatoms.